The van der Waals surface area contributed by atoms with Crippen LogP contribution in [-0.2, 0) is 0 Å². The van der Waals surface area contributed by atoms with E-state index in [2.05, 4.69) is 20.5 Å². The van der Waals surface area contributed by atoms with Crippen LogP contribution in [0.4, 0.5) is 0 Å². The summed E-state index contributed by atoms with van der Waals surface area (Å²) in [5, 5.41) is 6.34. The topological polar surface area (TPSA) is 96.4 Å². The maximum absolute atomic E-state index is 12.2. The number of amides is 1. The van der Waals surface area contributed by atoms with Crippen molar-refractivity contribution in [3.05, 3.63) is 67.5 Å². The van der Waals surface area contributed by atoms with Crippen LogP contribution in [0.5, 0.6) is 5.75 Å². The Balaban J connectivity index is 1.77. The molecule has 2 N–H and O–H groups in total. The number of methoxy groups -OCH3 is 1. The van der Waals surface area contributed by atoms with Gasteiger partial charge in [-0.05, 0) is 35.2 Å². The highest BCUT2D eigenvalue weighted by Crippen LogP contribution is 2.33. The molecule has 1 aromatic carbocycles. The lowest BCUT2D eigenvalue weighted by Gasteiger charge is -2.06. The maximum atomic E-state index is 12.2. The molecule has 0 aliphatic rings. The predicted molar refractivity (Wildman–Crippen MR) is 106 cm³/mol. The zero-order chi connectivity index (χ0) is 19.4. The van der Waals surface area contributed by atoms with Crippen LogP contribution in [0.25, 0.3) is 10.6 Å². The van der Waals surface area contributed by atoms with Crippen LogP contribution in [0.3, 0.4) is 0 Å². The van der Waals surface area contributed by atoms with Crippen LogP contribution in [0.2, 0.25) is 10.0 Å². The van der Waals surface area contributed by atoms with Gasteiger partial charge in [-0.15, -0.1) is 11.3 Å². The van der Waals surface area contributed by atoms with Gasteiger partial charge in [0.15, 0.2) is 5.75 Å². The lowest BCUT2D eigenvalue weighted by molar-refractivity contribution is 0.0949. The van der Waals surface area contributed by atoms with E-state index in [0.717, 1.165) is 4.88 Å². The Labute approximate surface area is 167 Å². The van der Waals surface area contributed by atoms with E-state index in [9.17, 15) is 9.59 Å². The highest BCUT2D eigenvalue weighted by atomic mass is 35.5. The number of carbonyl (C=O) groups is 1. The van der Waals surface area contributed by atoms with Crippen molar-refractivity contribution in [2.24, 2.45) is 5.10 Å². The number of nitrogens with zero attached hydrogens (tertiary/aromatic N) is 2. The van der Waals surface area contributed by atoms with E-state index >= 15 is 0 Å². The van der Waals surface area contributed by atoms with E-state index in [0.29, 0.717) is 27.1 Å². The minimum Gasteiger partial charge on any atom is -0.494 e. The Morgan fingerprint density at radius 3 is 2.70 bits per heavy atom. The number of thiophene rings is 1. The fourth-order valence-corrected chi connectivity index (χ4v) is 3.57. The van der Waals surface area contributed by atoms with Crippen LogP contribution >= 0.6 is 34.5 Å². The summed E-state index contributed by atoms with van der Waals surface area (Å²) < 4.78 is 5.07. The summed E-state index contributed by atoms with van der Waals surface area (Å²) in [4.78, 5) is 31.0. The Morgan fingerprint density at radius 2 is 2.07 bits per heavy atom. The second-order valence-electron chi connectivity index (χ2n) is 5.18. The highest BCUT2D eigenvalue weighted by molar-refractivity contribution is 7.13. The molecule has 0 atom stereocenters. The van der Waals surface area contributed by atoms with Crippen molar-refractivity contribution in [2.45, 2.75) is 0 Å². The zero-order valence-corrected chi connectivity index (χ0v) is 16.2. The number of aromatic amines is 1. The normalized spacial score (nSPS) is 10.9. The third-order valence-electron chi connectivity index (χ3n) is 3.37. The molecule has 0 saturated carbocycles. The molecule has 2 aromatic heterocycles. The first-order valence-corrected chi connectivity index (χ1v) is 9.13. The fraction of sp³-hybridized carbons (Fsp3) is 0.0588. The number of aromatic nitrogens is 2. The average molecular weight is 423 g/mol. The molecule has 7 nitrogen and oxygen atoms in total. The molecule has 0 unspecified atom stereocenters. The van der Waals surface area contributed by atoms with E-state index in [1.54, 1.807) is 12.1 Å². The molecule has 0 saturated heterocycles. The number of nitrogens with one attached hydrogen (secondary N) is 2. The average Bonchev–Trinajstić information content (AvgIpc) is 3.15. The largest absolute Gasteiger partial charge is 0.494 e. The van der Waals surface area contributed by atoms with E-state index in [1.165, 1.54) is 30.7 Å². The molecule has 0 spiro atoms. The second kappa shape index (κ2) is 8.34. The van der Waals surface area contributed by atoms with Gasteiger partial charge < -0.3 is 9.72 Å². The summed E-state index contributed by atoms with van der Waals surface area (Å²) in [6.07, 6.45) is 1.36. The highest BCUT2D eigenvalue weighted by Gasteiger charge is 2.11. The molecule has 3 aromatic rings. The van der Waals surface area contributed by atoms with Crippen molar-refractivity contribution in [1.82, 2.24) is 15.4 Å². The number of benzene rings is 1. The number of hydrazone groups is 1. The van der Waals surface area contributed by atoms with Gasteiger partial charge in [-0.2, -0.15) is 10.1 Å². The van der Waals surface area contributed by atoms with Crippen molar-refractivity contribution in [3.63, 3.8) is 0 Å². The number of H-pyrrole nitrogens is 1. The third-order valence-corrected chi connectivity index (χ3v) is 4.83. The molecule has 0 aliphatic carbocycles. The van der Waals surface area contributed by atoms with Crippen molar-refractivity contribution in [2.75, 3.05) is 7.11 Å². The Bertz CT molecular complexity index is 1040. The lowest BCUT2D eigenvalue weighted by atomic mass is 10.2. The van der Waals surface area contributed by atoms with Gasteiger partial charge in [-0.3, -0.25) is 4.79 Å². The number of rotatable bonds is 5. The first kappa shape index (κ1) is 19.1. The van der Waals surface area contributed by atoms with Crippen molar-refractivity contribution >= 4 is 46.7 Å². The maximum Gasteiger partial charge on any atom is 0.346 e. The standard InChI is InChI=1S/C17H12Cl2N4O3S/c1-26-15-10(18)5-9(6-11(15)19)8-20-23-16(24)13-7-12(21-17(25)22-13)14-3-2-4-27-14/h2-8H,1H3,(H,23,24)(H,21,22,25)/b20-8+. The van der Waals surface area contributed by atoms with E-state index in [-0.39, 0.29) is 5.69 Å². The summed E-state index contributed by atoms with van der Waals surface area (Å²) in [6, 6.07) is 8.32. The van der Waals surface area contributed by atoms with Gasteiger partial charge in [0.05, 0.1) is 33.9 Å². The number of hydrogen-bond donors (Lipinski definition) is 2. The summed E-state index contributed by atoms with van der Waals surface area (Å²) in [5.74, 6) is -0.269. The monoisotopic (exact) mass is 422 g/mol. The van der Waals surface area contributed by atoms with Gasteiger partial charge in [0.1, 0.15) is 5.69 Å². The van der Waals surface area contributed by atoms with E-state index < -0.39 is 11.6 Å². The van der Waals surface area contributed by atoms with Gasteiger partial charge in [-0.1, -0.05) is 29.3 Å². The van der Waals surface area contributed by atoms with Crippen LogP contribution < -0.4 is 15.9 Å². The van der Waals surface area contributed by atoms with Crippen molar-refractivity contribution in [3.8, 4) is 16.3 Å². The SMILES string of the molecule is COc1c(Cl)cc(/C=N/NC(=O)c2cc(-c3cccs3)[nH]c(=O)n2)cc1Cl. The predicted octanol–water partition coefficient (Wildman–Crippen LogP) is 3.58. The van der Waals surface area contributed by atoms with Gasteiger partial charge in [-0.25, -0.2) is 10.2 Å². The van der Waals surface area contributed by atoms with Gasteiger partial charge in [0.25, 0.3) is 5.91 Å². The van der Waals surface area contributed by atoms with Gasteiger partial charge in [0, 0.05) is 0 Å². The van der Waals surface area contributed by atoms with Crippen LogP contribution in [0.15, 0.2) is 45.6 Å². The van der Waals surface area contributed by atoms with Crippen LogP contribution in [-0.4, -0.2) is 29.2 Å². The molecule has 0 bridgehead atoms. The third kappa shape index (κ3) is 4.54. The summed E-state index contributed by atoms with van der Waals surface area (Å²) >= 11 is 13.5. The number of halogens is 2. The summed E-state index contributed by atoms with van der Waals surface area (Å²) in [7, 11) is 1.46. The van der Waals surface area contributed by atoms with Crippen LogP contribution in [0.1, 0.15) is 16.1 Å². The minimum absolute atomic E-state index is 0.0508. The Morgan fingerprint density at radius 1 is 1.33 bits per heavy atom. The van der Waals surface area contributed by atoms with Crippen LogP contribution in [0, 0.1) is 0 Å². The number of carbonyl (C=O) groups excluding carboxylic acids is 1. The first-order chi connectivity index (χ1) is 13.0. The quantitative estimate of drug-likeness (QED) is 0.484. The molecule has 0 aliphatic heterocycles. The van der Waals surface area contributed by atoms with Crippen molar-refractivity contribution in [1.29, 1.82) is 0 Å². The minimum atomic E-state index is -0.624. The molecule has 0 radical (unpaired) electrons. The molecule has 0 fully saturated rings. The molecule has 1 amide bonds. The molecule has 2 heterocycles. The Kier molecular flexibility index (Phi) is 5.90. The number of hydrogen-bond acceptors (Lipinski definition) is 6. The molecule has 10 heteroatoms. The molecule has 138 valence electrons. The second-order valence-corrected chi connectivity index (χ2v) is 6.94. The molecule has 3 rings (SSSR count). The lowest BCUT2D eigenvalue weighted by Crippen LogP contribution is -2.24. The Hall–Kier alpha value is -2.68. The molecular formula is C17H12Cl2N4O3S. The van der Waals surface area contributed by atoms with Gasteiger partial charge >= 0.3 is 5.69 Å². The van der Waals surface area contributed by atoms with Gasteiger partial charge in [0.2, 0.25) is 0 Å². The van der Waals surface area contributed by atoms with E-state index in [4.69, 9.17) is 27.9 Å². The fourth-order valence-electron chi connectivity index (χ4n) is 2.21. The summed E-state index contributed by atoms with van der Waals surface area (Å²) in [6.45, 7) is 0. The van der Waals surface area contributed by atoms with Crippen molar-refractivity contribution < 1.29 is 9.53 Å². The number of ether oxygens (including phenoxy) is 1. The molecule has 27 heavy (non-hydrogen) atoms. The van der Waals surface area contributed by atoms with E-state index in [1.807, 2.05) is 17.5 Å². The summed E-state index contributed by atoms with van der Waals surface area (Å²) in [5.41, 5.74) is 2.71. The zero-order valence-electron chi connectivity index (χ0n) is 13.8. The smallest absolute Gasteiger partial charge is 0.346 e. The molecular weight excluding hydrogens is 411 g/mol. The first-order valence-electron chi connectivity index (χ1n) is 7.49.